The third-order valence-corrected chi connectivity index (χ3v) is 7.28. The van der Waals surface area contributed by atoms with Crippen LogP contribution in [0, 0.1) is 0 Å². The SMILES string of the molecule is CCCCCCCCCCC(CCCCCCCC(O)CCCCC)S(=O)(=O)[O-].[Na+]. The second kappa shape index (κ2) is 23.0. The van der Waals surface area contributed by atoms with E-state index in [2.05, 4.69) is 13.8 Å². The zero-order chi connectivity index (χ0) is 21.8. The summed E-state index contributed by atoms with van der Waals surface area (Å²) in [6.07, 6.45) is 20.5. The molecule has 0 aromatic carbocycles. The standard InChI is InChI=1S/C24H50O4S.Na/c1-3-5-7-8-9-10-13-17-21-24(29(26,27)28)22-18-14-11-12-16-20-23(25)19-15-6-4-2;/h23-25H,3-22H2,1-2H3,(H,26,27,28);/q;+1/p-1. The molecule has 0 aliphatic heterocycles. The summed E-state index contributed by atoms with van der Waals surface area (Å²) in [4.78, 5) is 0. The molecule has 0 aliphatic carbocycles. The Bertz CT molecular complexity index is 442. The van der Waals surface area contributed by atoms with Gasteiger partial charge in [0.25, 0.3) is 0 Å². The fourth-order valence-corrected chi connectivity index (χ4v) is 4.91. The van der Waals surface area contributed by atoms with E-state index in [-0.39, 0.29) is 35.7 Å². The van der Waals surface area contributed by atoms with Crippen molar-refractivity contribution in [1.82, 2.24) is 0 Å². The van der Waals surface area contributed by atoms with Crippen LogP contribution in [0.2, 0.25) is 0 Å². The molecule has 0 amide bonds. The molecule has 30 heavy (non-hydrogen) atoms. The minimum atomic E-state index is -4.17. The van der Waals surface area contributed by atoms with Gasteiger partial charge in [0.1, 0.15) is 0 Å². The number of aliphatic hydroxyl groups excluding tert-OH is 1. The van der Waals surface area contributed by atoms with Gasteiger partial charge in [0.2, 0.25) is 0 Å². The molecular formula is C24H49NaO4S. The van der Waals surface area contributed by atoms with Crippen LogP contribution < -0.4 is 29.6 Å². The van der Waals surface area contributed by atoms with Gasteiger partial charge in [0.15, 0.2) is 0 Å². The van der Waals surface area contributed by atoms with Gasteiger partial charge in [0, 0.05) is 5.25 Å². The maximum absolute atomic E-state index is 11.5. The van der Waals surface area contributed by atoms with Crippen molar-refractivity contribution >= 4 is 10.1 Å². The molecule has 0 radical (unpaired) electrons. The summed E-state index contributed by atoms with van der Waals surface area (Å²) in [5.41, 5.74) is 0. The summed E-state index contributed by atoms with van der Waals surface area (Å²) < 4.78 is 34.6. The average Bonchev–Trinajstić information content (AvgIpc) is 2.66. The Morgan fingerprint density at radius 2 is 0.900 bits per heavy atom. The van der Waals surface area contributed by atoms with Gasteiger partial charge in [-0.15, -0.1) is 0 Å². The molecule has 0 spiro atoms. The largest absolute Gasteiger partial charge is 1.00 e. The number of rotatable bonds is 22. The molecular weight excluding hydrogens is 407 g/mol. The van der Waals surface area contributed by atoms with Gasteiger partial charge in [-0.3, -0.25) is 0 Å². The van der Waals surface area contributed by atoms with E-state index in [1.165, 1.54) is 44.9 Å². The summed E-state index contributed by atoms with van der Waals surface area (Å²) >= 11 is 0. The van der Waals surface area contributed by atoms with E-state index in [4.69, 9.17) is 0 Å². The van der Waals surface area contributed by atoms with E-state index in [9.17, 15) is 18.1 Å². The smallest absolute Gasteiger partial charge is 0.748 e. The number of unbranched alkanes of at least 4 members (excludes halogenated alkanes) is 13. The van der Waals surface area contributed by atoms with E-state index >= 15 is 0 Å². The molecule has 0 saturated heterocycles. The zero-order valence-corrected chi connectivity index (χ0v) is 23.2. The fraction of sp³-hybridized carbons (Fsp3) is 1.00. The minimum Gasteiger partial charge on any atom is -0.748 e. The van der Waals surface area contributed by atoms with Crippen molar-refractivity contribution in [2.45, 2.75) is 154 Å². The first-order valence-corrected chi connectivity index (χ1v) is 14.0. The molecule has 0 rings (SSSR count). The van der Waals surface area contributed by atoms with Gasteiger partial charge in [-0.05, 0) is 25.7 Å². The monoisotopic (exact) mass is 456 g/mol. The van der Waals surface area contributed by atoms with Crippen LogP contribution in [-0.4, -0.2) is 29.4 Å². The number of aliphatic hydroxyl groups is 1. The number of hydrogen-bond donors (Lipinski definition) is 1. The molecule has 6 heteroatoms. The Morgan fingerprint density at radius 1 is 0.600 bits per heavy atom. The van der Waals surface area contributed by atoms with E-state index in [0.717, 1.165) is 70.6 Å². The summed E-state index contributed by atoms with van der Waals surface area (Å²) in [5.74, 6) is 0. The Hall–Kier alpha value is 0.870. The van der Waals surface area contributed by atoms with Crippen molar-refractivity contribution in [3.8, 4) is 0 Å². The van der Waals surface area contributed by atoms with Crippen LogP contribution in [0.4, 0.5) is 0 Å². The van der Waals surface area contributed by atoms with Crippen molar-refractivity contribution in [3.05, 3.63) is 0 Å². The Balaban J connectivity index is 0. The Morgan fingerprint density at radius 3 is 1.30 bits per heavy atom. The van der Waals surface area contributed by atoms with Crippen molar-refractivity contribution in [2.75, 3.05) is 0 Å². The maximum atomic E-state index is 11.5. The summed E-state index contributed by atoms with van der Waals surface area (Å²) in [6.45, 7) is 4.38. The van der Waals surface area contributed by atoms with Crippen LogP contribution in [-0.2, 0) is 10.1 Å². The minimum absolute atomic E-state index is 0. The average molecular weight is 457 g/mol. The second-order valence-corrected chi connectivity index (χ2v) is 10.5. The predicted molar refractivity (Wildman–Crippen MR) is 123 cm³/mol. The Labute approximate surface area is 210 Å². The molecule has 0 aliphatic rings. The van der Waals surface area contributed by atoms with Gasteiger partial charge >= 0.3 is 29.6 Å². The molecule has 2 atom stereocenters. The first-order valence-electron chi connectivity index (χ1n) is 12.5. The van der Waals surface area contributed by atoms with E-state index < -0.39 is 15.4 Å². The van der Waals surface area contributed by atoms with Crippen molar-refractivity contribution in [2.24, 2.45) is 0 Å². The third kappa shape index (κ3) is 22.1. The topological polar surface area (TPSA) is 77.4 Å². The number of hydrogen-bond acceptors (Lipinski definition) is 4. The molecule has 0 bridgehead atoms. The zero-order valence-electron chi connectivity index (χ0n) is 20.4. The summed E-state index contributed by atoms with van der Waals surface area (Å²) in [6, 6.07) is 0. The molecule has 0 aromatic rings. The Kier molecular flexibility index (Phi) is 25.4. The molecule has 176 valence electrons. The summed E-state index contributed by atoms with van der Waals surface area (Å²) in [5, 5.41) is 9.22. The van der Waals surface area contributed by atoms with Crippen LogP contribution in [0.1, 0.15) is 142 Å². The van der Waals surface area contributed by atoms with E-state index in [1.807, 2.05) is 0 Å². The molecule has 0 aromatic heterocycles. The second-order valence-electron chi connectivity index (χ2n) is 8.87. The fourth-order valence-electron chi connectivity index (χ4n) is 4.00. The van der Waals surface area contributed by atoms with Crippen molar-refractivity contribution < 1.29 is 47.6 Å². The van der Waals surface area contributed by atoms with Gasteiger partial charge in [-0.2, -0.15) is 0 Å². The first-order chi connectivity index (χ1) is 13.9. The first kappa shape index (κ1) is 33.0. The van der Waals surface area contributed by atoms with Gasteiger partial charge < -0.3 is 9.66 Å². The molecule has 1 N–H and O–H groups in total. The van der Waals surface area contributed by atoms with Crippen molar-refractivity contribution in [3.63, 3.8) is 0 Å². The van der Waals surface area contributed by atoms with E-state index in [0.29, 0.717) is 12.8 Å². The van der Waals surface area contributed by atoms with E-state index in [1.54, 1.807) is 0 Å². The van der Waals surface area contributed by atoms with Crippen LogP contribution in [0.15, 0.2) is 0 Å². The van der Waals surface area contributed by atoms with Crippen LogP contribution in [0.5, 0.6) is 0 Å². The van der Waals surface area contributed by atoms with Crippen LogP contribution in [0.25, 0.3) is 0 Å². The summed E-state index contributed by atoms with van der Waals surface area (Å²) in [7, 11) is -4.17. The van der Waals surface area contributed by atoms with Crippen molar-refractivity contribution in [1.29, 1.82) is 0 Å². The van der Waals surface area contributed by atoms with Gasteiger partial charge in [-0.1, -0.05) is 117 Å². The predicted octanol–water partition coefficient (Wildman–Crippen LogP) is 4.11. The molecule has 0 fully saturated rings. The van der Waals surface area contributed by atoms with Crippen LogP contribution in [0.3, 0.4) is 0 Å². The molecule has 0 heterocycles. The molecule has 4 nitrogen and oxygen atoms in total. The molecule has 0 saturated carbocycles. The van der Waals surface area contributed by atoms with Crippen LogP contribution >= 0.6 is 0 Å². The quantitative estimate of drug-likeness (QED) is 0.151. The van der Waals surface area contributed by atoms with Gasteiger partial charge in [-0.25, -0.2) is 8.42 Å². The third-order valence-electron chi connectivity index (χ3n) is 5.99. The molecule has 2 unspecified atom stereocenters. The maximum Gasteiger partial charge on any atom is 1.00 e. The van der Waals surface area contributed by atoms with Gasteiger partial charge in [0.05, 0.1) is 16.2 Å². The normalized spacial score (nSPS) is 13.7.